The van der Waals surface area contributed by atoms with Crippen LogP contribution in [-0.2, 0) is 17.9 Å². The Kier molecular flexibility index (Phi) is 4.07. The Bertz CT molecular complexity index is 707. The zero-order chi connectivity index (χ0) is 14.5. The highest BCUT2D eigenvalue weighted by Gasteiger charge is 2.05. The lowest BCUT2D eigenvalue weighted by Gasteiger charge is -2.06. The van der Waals surface area contributed by atoms with Gasteiger partial charge in [0.05, 0.1) is 0 Å². The number of nitrogens with zero attached hydrogens (tertiary/aromatic N) is 3. The largest absolute Gasteiger partial charge is 0.350 e. The second kappa shape index (κ2) is 6.32. The molecule has 0 atom stereocenters. The van der Waals surface area contributed by atoms with Crippen LogP contribution in [0.3, 0.4) is 0 Å². The molecule has 0 aliphatic rings. The molecule has 0 spiro atoms. The number of carbonyl (C=O) groups excluding carboxylic acids is 1. The molecule has 0 radical (unpaired) electrons. The van der Waals surface area contributed by atoms with Crippen LogP contribution in [-0.4, -0.2) is 20.7 Å². The fourth-order valence-corrected chi connectivity index (χ4v) is 2.67. The normalized spacial score (nSPS) is 10.5. The standard InChI is InChI=1S/C15H14N4OS/c20-15(11-19-5-2-4-18-19)17-9-12-7-13(10-16-8-12)14-3-1-6-21-14/h1-8,10H,9,11H2,(H,17,20). The highest BCUT2D eigenvalue weighted by atomic mass is 32.1. The van der Waals surface area contributed by atoms with Gasteiger partial charge in [-0.1, -0.05) is 6.07 Å². The molecule has 3 heterocycles. The Balaban J connectivity index is 1.60. The molecule has 0 aliphatic carbocycles. The van der Waals surface area contributed by atoms with Gasteiger partial charge >= 0.3 is 0 Å². The number of pyridine rings is 1. The second-order valence-corrected chi connectivity index (χ2v) is 5.49. The SMILES string of the molecule is O=C(Cn1cccn1)NCc1cncc(-c2cccs2)c1. The maximum absolute atomic E-state index is 11.8. The topological polar surface area (TPSA) is 59.8 Å². The van der Waals surface area contributed by atoms with Crippen molar-refractivity contribution in [3.05, 3.63) is 60.0 Å². The van der Waals surface area contributed by atoms with E-state index in [0.29, 0.717) is 6.54 Å². The molecule has 0 bridgehead atoms. The van der Waals surface area contributed by atoms with Gasteiger partial charge in [-0.2, -0.15) is 5.10 Å². The molecule has 0 saturated carbocycles. The molecule has 6 heteroatoms. The summed E-state index contributed by atoms with van der Waals surface area (Å²) in [6, 6.07) is 7.91. The summed E-state index contributed by atoms with van der Waals surface area (Å²) in [5.74, 6) is -0.0692. The lowest BCUT2D eigenvalue weighted by atomic mass is 10.2. The van der Waals surface area contributed by atoms with Crippen molar-refractivity contribution in [3.63, 3.8) is 0 Å². The Morgan fingerprint density at radius 3 is 3.05 bits per heavy atom. The third-order valence-corrected chi connectivity index (χ3v) is 3.87. The predicted octanol–water partition coefficient (Wildman–Crippen LogP) is 2.32. The zero-order valence-electron chi connectivity index (χ0n) is 11.3. The number of nitrogens with one attached hydrogen (secondary N) is 1. The van der Waals surface area contributed by atoms with E-state index in [2.05, 4.69) is 21.5 Å². The molecule has 3 aromatic heterocycles. The van der Waals surface area contributed by atoms with E-state index in [1.54, 1.807) is 40.7 Å². The van der Waals surface area contributed by atoms with E-state index in [1.165, 1.54) is 4.88 Å². The van der Waals surface area contributed by atoms with Gasteiger partial charge in [-0.15, -0.1) is 11.3 Å². The molecule has 0 unspecified atom stereocenters. The van der Waals surface area contributed by atoms with Crippen molar-refractivity contribution in [1.29, 1.82) is 0 Å². The summed E-state index contributed by atoms with van der Waals surface area (Å²) in [6.07, 6.45) is 7.02. The molecule has 5 nitrogen and oxygen atoms in total. The molecule has 0 aliphatic heterocycles. The van der Waals surface area contributed by atoms with E-state index in [1.807, 2.05) is 23.7 Å². The number of hydrogen-bond donors (Lipinski definition) is 1. The molecule has 1 amide bonds. The Labute approximate surface area is 126 Å². The summed E-state index contributed by atoms with van der Waals surface area (Å²) in [7, 11) is 0. The van der Waals surface area contributed by atoms with Crippen LogP contribution in [0.15, 0.2) is 54.4 Å². The zero-order valence-corrected chi connectivity index (χ0v) is 12.1. The van der Waals surface area contributed by atoms with Crippen molar-refractivity contribution in [2.45, 2.75) is 13.1 Å². The Morgan fingerprint density at radius 2 is 2.29 bits per heavy atom. The summed E-state index contributed by atoms with van der Waals surface area (Å²) in [4.78, 5) is 17.2. The first-order valence-electron chi connectivity index (χ1n) is 6.53. The van der Waals surface area contributed by atoms with Gasteiger partial charge in [-0.05, 0) is 29.1 Å². The fourth-order valence-electron chi connectivity index (χ4n) is 1.96. The van der Waals surface area contributed by atoms with Crippen LogP contribution in [0, 0.1) is 0 Å². The van der Waals surface area contributed by atoms with Crippen molar-refractivity contribution < 1.29 is 4.79 Å². The van der Waals surface area contributed by atoms with Crippen molar-refractivity contribution in [2.75, 3.05) is 0 Å². The van der Waals surface area contributed by atoms with Crippen LogP contribution in [0.1, 0.15) is 5.56 Å². The van der Waals surface area contributed by atoms with E-state index in [4.69, 9.17) is 0 Å². The Morgan fingerprint density at radius 1 is 1.33 bits per heavy atom. The van der Waals surface area contributed by atoms with Crippen LogP contribution < -0.4 is 5.32 Å². The van der Waals surface area contributed by atoms with Gasteiger partial charge in [0, 0.05) is 41.8 Å². The van der Waals surface area contributed by atoms with Crippen molar-refractivity contribution in [3.8, 4) is 10.4 Å². The first kappa shape index (κ1) is 13.5. The third-order valence-electron chi connectivity index (χ3n) is 2.96. The second-order valence-electron chi connectivity index (χ2n) is 4.54. The fraction of sp³-hybridized carbons (Fsp3) is 0.133. The molecule has 0 saturated heterocycles. The average molecular weight is 298 g/mol. The average Bonchev–Trinajstić information content (AvgIpc) is 3.19. The summed E-state index contributed by atoms with van der Waals surface area (Å²) in [5, 5.41) is 8.91. The molecule has 21 heavy (non-hydrogen) atoms. The molecule has 0 fully saturated rings. The summed E-state index contributed by atoms with van der Waals surface area (Å²) < 4.78 is 1.59. The number of aromatic nitrogens is 3. The van der Waals surface area contributed by atoms with Gasteiger partial charge in [0.2, 0.25) is 5.91 Å². The van der Waals surface area contributed by atoms with Gasteiger partial charge in [0.15, 0.2) is 0 Å². The van der Waals surface area contributed by atoms with Gasteiger partial charge in [0.1, 0.15) is 6.54 Å². The molecule has 3 rings (SSSR count). The number of thiophene rings is 1. The van der Waals surface area contributed by atoms with Gasteiger partial charge in [0.25, 0.3) is 0 Å². The molecule has 1 N–H and O–H groups in total. The number of rotatable bonds is 5. The molecule has 0 aromatic carbocycles. The predicted molar refractivity (Wildman–Crippen MR) is 81.6 cm³/mol. The minimum Gasteiger partial charge on any atom is -0.350 e. The van der Waals surface area contributed by atoms with Gasteiger partial charge < -0.3 is 5.32 Å². The molecular weight excluding hydrogens is 284 g/mol. The first-order valence-corrected chi connectivity index (χ1v) is 7.41. The molecule has 106 valence electrons. The van der Waals surface area contributed by atoms with Gasteiger partial charge in [-0.25, -0.2) is 0 Å². The highest BCUT2D eigenvalue weighted by Crippen LogP contribution is 2.24. The Hall–Kier alpha value is -2.47. The number of amides is 1. The summed E-state index contributed by atoms with van der Waals surface area (Å²) >= 11 is 1.67. The van der Waals surface area contributed by atoms with Crippen molar-refractivity contribution >= 4 is 17.2 Å². The third kappa shape index (κ3) is 3.55. The minimum absolute atomic E-state index is 0.0692. The van der Waals surface area contributed by atoms with E-state index in [-0.39, 0.29) is 12.5 Å². The van der Waals surface area contributed by atoms with Crippen molar-refractivity contribution in [2.24, 2.45) is 0 Å². The van der Waals surface area contributed by atoms with Crippen LogP contribution >= 0.6 is 11.3 Å². The monoisotopic (exact) mass is 298 g/mol. The summed E-state index contributed by atoms with van der Waals surface area (Å²) in [6.45, 7) is 0.692. The molecular formula is C15H14N4OS. The number of carbonyl (C=O) groups is 1. The van der Waals surface area contributed by atoms with E-state index >= 15 is 0 Å². The number of hydrogen-bond acceptors (Lipinski definition) is 4. The maximum Gasteiger partial charge on any atom is 0.241 e. The lowest BCUT2D eigenvalue weighted by Crippen LogP contribution is -2.27. The maximum atomic E-state index is 11.8. The van der Waals surface area contributed by atoms with Crippen molar-refractivity contribution in [1.82, 2.24) is 20.1 Å². The van der Waals surface area contributed by atoms with Crippen LogP contribution in [0.25, 0.3) is 10.4 Å². The van der Waals surface area contributed by atoms with Crippen LogP contribution in [0.4, 0.5) is 0 Å². The first-order chi connectivity index (χ1) is 10.3. The molecule has 3 aromatic rings. The smallest absolute Gasteiger partial charge is 0.241 e. The van der Waals surface area contributed by atoms with E-state index < -0.39 is 0 Å². The quantitative estimate of drug-likeness (QED) is 0.786. The minimum atomic E-state index is -0.0692. The van der Waals surface area contributed by atoms with Crippen LogP contribution in [0.5, 0.6) is 0 Å². The summed E-state index contributed by atoms with van der Waals surface area (Å²) in [5.41, 5.74) is 2.05. The van der Waals surface area contributed by atoms with Gasteiger partial charge in [-0.3, -0.25) is 14.5 Å². The van der Waals surface area contributed by atoms with E-state index in [9.17, 15) is 4.79 Å². The lowest BCUT2D eigenvalue weighted by molar-refractivity contribution is -0.122. The van der Waals surface area contributed by atoms with E-state index in [0.717, 1.165) is 11.1 Å². The van der Waals surface area contributed by atoms with Crippen LogP contribution in [0.2, 0.25) is 0 Å². The highest BCUT2D eigenvalue weighted by molar-refractivity contribution is 7.13.